The first-order chi connectivity index (χ1) is 14.1. The number of nitrogens with zero attached hydrogens (tertiary/aromatic N) is 1. The van der Waals surface area contributed by atoms with Crippen LogP contribution in [0.5, 0.6) is 17.2 Å². The number of carbonyl (C=O) groups is 1. The van der Waals surface area contributed by atoms with E-state index >= 15 is 0 Å². The van der Waals surface area contributed by atoms with Crippen molar-refractivity contribution in [1.29, 1.82) is 0 Å². The van der Waals surface area contributed by atoms with Crippen LogP contribution in [0.1, 0.15) is 15.3 Å². The summed E-state index contributed by atoms with van der Waals surface area (Å²) in [5.41, 5.74) is 0.741. The summed E-state index contributed by atoms with van der Waals surface area (Å²) in [7, 11) is 4.73. The van der Waals surface area contributed by atoms with E-state index in [2.05, 4.69) is 0 Å². The van der Waals surface area contributed by atoms with Crippen molar-refractivity contribution in [3.05, 3.63) is 68.6 Å². The van der Waals surface area contributed by atoms with Crippen LogP contribution in [0.15, 0.2) is 53.2 Å². The minimum atomic E-state index is -0.0661. The minimum Gasteiger partial charge on any atom is -0.496 e. The van der Waals surface area contributed by atoms with Gasteiger partial charge in [-0.3, -0.25) is 4.79 Å². The quantitative estimate of drug-likeness (QED) is 0.445. The highest BCUT2D eigenvalue weighted by Crippen LogP contribution is 2.35. The fourth-order valence-corrected chi connectivity index (χ4v) is 4.28. The molecule has 1 amide bonds. The average molecular weight is 430 g/mol. The van der Waals surface area contributed by atoms with Crippen molar-refractivity contribution in [3.8, 4) is 17.2 Å². The number of carbonyl (C=O) groups excluding carboxylic acids is 1. The Bertz CT molecular complexity index is 913. The van der Waals surface area contributed by atoms with E-state index in [-0.39, 0.29) is 5.91 Å². The van der Waals surface area contributed by atoms with Crippen LogP contribution in [0.3, 0.4) is 0 Å². The summed E-state index contributed by atoms with van der Waals surface area (Å²) in [6, 6.07) is 11.6. The van der Waals surface area contributed by atoms with Crippen molar-refractivity contribution < 1.29 is 19.0 Å². The van der Waals surface area contributed by atoms with Gasteiger partial charge in [-0.15, -0.1) is 22.7 Å². The molecule has 0 saturated carbocycles. The minimum absolute atomic E-state index is 0.0661. The average Bonchev–Trinajstić information content (AvgIpc) is 3.45. The fraction of sp³-hybridized carbons (Fsp3) is 0.227. The summed E-state index contributed by atoms with van der Waals surface area (Å²) in [5, 5.41) is 4.04. The topological polar surface area (TPSA) is 48.0 Å². The van der Waals surface area contributed by atoms with Gasteiger partial charge in [-0.2, -0.15) is 0 Å². The van der Waals surface area contributed by atoms with Crippen molar-refractivity contribution in [2.45, 2.75) is 13.1 Å². The Labute approximate surface area is 178 Å². The van der Waals surface area contributed by atoms with Crippen LogP contribution in [-0.2, 0) is 17.9 Å². The van der Waals surface area contributed by atoms with Gasteiger partial charge in [0.25, 0.3) is 0 Å². The highest BCUT2D eigenvalue weighted by Gasteiger charge is 2.15. The molecule has 2 aromatic heterocycles. The third-order valence-corrected chi connectivity index (χ3v) is 6.03. The van der Waals surface area contributed by atoms with E-state index in [1.165, 1.54) is 0 Å². The Morgan fingerprint density at radius 3 is 1.93 bits per heavy atom. The molecule has 0 N–H and O–H groups in total. The molecule has 29 heavy (non-hydrogen) atoms. The molecule has 5 nitrogen and oxygen atoms in total. The molecule has 0 aliphatic heterocycles. The van der Waals surface area contributed by atoms with Gasteiger partial charge in [0.2, 0.25) is 5.91 Å². The molecule has 0 atom stereocenters. The first-order valence-electron chi connectivity index (χ1n) is 8.96. The largest absolute Gasteiger partial charge is 0.496 e. The van der Waals surface area contributed by atoms with Gasteiger partial charge in [-0.1, -0.05) is 12.1 Å². The molecule has 0 aliphatic carbocycles. The Kier molecular flexibility index (Phi) is 7.32. The highest BCUT2D eigenvalue weighted by molar-refractivity contribution is 7.10. The summed E-state index contributed by atoms with van der Waals surface area (Å²) in [6.07, 6.45) is 3.32. The van der Waals surface area contributed by atoms with E-state index in [1.807, 2.05) is 39.9 Å². The Balaban J connectivity index is 1.83. The van der Waals surface area contributed by atoms with E-state index in [1.54, 1.807) is 68.3 Å². The van der Waals surface area contributed by atoms with Gasteiger partial charge in [0.15, 0.2) is 11.5 Å². The lowest BCUT2D eigenvalue weighted by Gasteiger charge is -2.20. The second-order valence-corrected chi connectivity index (χ2v) is 8.20. The molecule has 1 aromatic carbocycles. The van der Waals surface area contributed by atoms with Crippen molar-refractivity contribution in [2.24, 2.45) is 0 Å². The molecule has 0 bridgehead atoms. The summed E-state index contributed by atoms with van der Waals surface area (Å²) in [6.45, 7) is 1.14. The number of rotatable bonds is 9. The number of benzene rings is 1. The number of methoxy groups -OCH3 is 3. The summed E-state index contributed by atoms with van der Waals surface area (Å²) in [4.78, 5) is 17.1. The first-order valence-corrected chi connectivity index (χ1v) is 10.7. The van der Waals surface area contributed by atoms with Gasteiger partial charge in [-0.05, 0) is 35.0 Å². The zero-order chi connectivity index (χ0) is 20.6. The van der Waals surface area contributed by atoms with Gasteiger partial charge in [-0.25, -0.2) is 0 Å². The van der Waals surface area contributed by atoms with E-state index in [0.29, 0.717) is 30.3 Å². The number of hydrogen-bond acceptors (Lipinski definition) is 6. The molecule has 3 aromatic rings. The van der Waals surface area contributed by atoms with Gasteiger partial charge >= 0.3 is 0 Å². The van der Waals surface area contributed by atoms with Crippen LogP contribution in [0, 0.1) is 0 Å². The standard InChI is InChI=1S/C22H23NO4S2/c1-25-19-13-21(27-3)20(26-2)12-16(19)8-9-22(24)23(14-17-6-4-10-28-17)15-18-7-5-11-29-18/h4-13H,14-15H2,1-3H3/b9-8+. The van der Waals surface area contributed by atoms with Crippen molar-refractivity contribution in [1.82, 2.24) is 4.90 Å². The molecular weight excluding hydrogens is 406 g/mol. The Morgan fingerprint density at radius 2 is 1.45 bits per heavy atom. The molecular formula is C22H23NO4S2. The van der Waals surface area contributed by atoms with Crippen molar-refractivity contribution >= 4 is 34.7 Å². The molecule has 0 saturated heterocycles. The van der Waals surface area contributed by atoms with Gasteiger partial charge in [0.1, 0.15) is 5.75 Å². The fourth-order valence-electron chi connectivity index (χ4n) is 2.84. The Morgan fingerprint density at radius 1 is 0.897 bits per heavy atom. The lowest BCUT2D eigenvalue weighted by atomic mass is 10.1. The van der Waals surface area contributed by atoms with Gasteiger partial charge < -0.3 is 19.1 Å². The predicted molar refractivity (Wildman–Crippen MR) is 118 cm³/mol. The van der Waals surface area contributed by atoms with E-state index < -0.39 is 0 Å². The number of amides is 1. The van der Waals surface area contributed by atoms with Crippen LogP contribution in [-0.4, -0.2) is 32.1 Å². The second-order valence-electron chi connectivity index (χ2n) is 6.14. The maximum Gasteiger partial charge on any atom is 0.247 e. The van der Waals surface area contributed by atoms with Crippen LogP contribution >= 0.6 is 22.7 Å². The van der Waals surface area contributed by atoms with Crippen molar-refractivity contribution in [3.63, 3.8) is 0 Å². The molecule has 3 rings (SSSR count). The predicted octanol–water partition coefficient (Wildman–Crippen LogP) is 5.08. The zero-order valence-electron chi connectivity index (χ0n) is 16.6. The summed E-state index contributed by atoms with van der Waals surface area (Å²) >= 11 is 3.29. The van der Waals surface area contributed by atoms with E-state index in [9.17, 15) is 4.79 Å². The van der Waals surface area contributed by atoms with E-state index in [0.717, 1.165) is 15.3 Å². The molecule has 0 unspecified atom stereocenters. The molecule has 0 radical (unpaired) electrons. The number of ether oxygens (including phenoxy) is 3. The van der Waals surface area contributed by atoms with Crippen LogP contribution in [0.25, 0.3) is 6.08 Å². The SMILES string of the molecule is COc1cc(OC)c(OC)cc1/C=C/C(=O)N(Cc1cccs1)Cc1cccs1. The molecule has 7 heteroatoms. The van der Waals surface area contributed by atoms with Crippen molar-refractivity contribution in [2.75, 3.05) is 21.3 Å². The Hall–Kier alpha value is -2.77. The van der Waals surface area contributed by atoms with Gasteiger partial charge in [0.05, 0.1) is 34.4 Å². The molecule has 0 spiro atoms. The van der Waals surface area contributed by atoms with Crippen LogP contribution in [0.4, 0.5) is 0 Å². The summed E-state index contributed by atoms with van der Waals surface area (Å²) in [5.74, 6) is 1.69. The zero-order valence-corrected chi connectivity index (χ0v) is 18.2. The second kappa shape index (κ2) is 10.1. The van der Waals surface area contributed by atoms with E-state index in [4.69, 9.17) is 14.2 Å². The lowest BCUT2D eigenvalue weighted by Crippen LogP contribution is -2.27. The number of hydrogen-bond donors (Lipinski definition) is 0. The maximum absolute atomic E-state index is 13.0. The monoisotopic (exact) mass is 429 g/mol. The molecule has 0 fully saturated rings. The number of thiophene rings is 2. The molecule has 0 aliphatic rings. The third-order valence-electron chi connectivity index (χ3n) is 4.31. The summed E-state index contributed by atoms with van der Waals surface area (Å²) < 4.78 is 16.1. The van der Waals surface area contributed by atoms with Gasteiger partial charge in [0, 0.05) is 27.5 Å². The lowest BCUT2D eigenvalue weighted by molar-refractivity contribution is -0.127. The smallest absolute Gasteiger partial charge is 0.247 e. The van der Waals surface area contributed by atoms with Crippen LogP contribution in [0.2, 0.25) is 0 Å². The first kappa shape index (κ1) is 21.0. The third kappa shape index (κ3) is 5.40. The molecule has 152 valence electrons. The normalized spacial score (nSPS) is 10.9. The highest BCUT2D eigenvalue weighted by atomic mass is 32.1. The van der Waals surface area contributed by atoms with Crippen LogP contribution < -0.4 is 14.2 Å². The maximum atomic E-state index is 13.0. The molecule has 2 heterocycles.